The summed E-state index contributed by atoms with van der Waals surface area (Å²) in [6, 6.07) is 1.40. The van der Waals surface area contributed by atoms with Crippen LogP contribution in [0.5, 0.6) is 0 Å². The van der Waals surface area contributed by atoms with E-state index in [1.807, 2.05) is 6.92 Å². The van der Waals surface area contributed by atoms with E-state index in [4.69, 9.17) is 33.5 Å². The van der Waals surface area contributed by atoms with Gasteiger partial charge in [0.25, 0.3) is 0 Å². The molecule has 0 aliphatic rings. The molecule has 0 fully saturated rings. The van der Waals surface area contributed by atoms with Crippen molar-refractivity contribution < 1.29 is 4.42 Å². The molecule has 5 nitrogen and oxygen atoms in total. The van der Waals surface area contributed by atoms with Crippen LogP contribution in [0.4, 0.5) is 0 Å². The molecule has 0 aliphatic carbocycles. The van der Waals surface area contributed by atoms with E-state index < -0.39 is 0 Å². The highest BCUT2D eigenvalue weighted by Crippen LogP contribution is 2.32. The monoisotopic (exact) mass is 274 g/mol. The summed E-state index contributed by atoms with van der Waals surface area (Å²) in [6.45, 7) is 2.66. The molecule has 2 aromatic heterocycles. The summed E-state index contributed by atoms with van der Waals surface area (Å²) < 4.78 is 6.82. The van der Waals surface area contributed by atoms with Crippen molar-refractivity contribution in [3.05, 3.63) is 40.0 Å². The van der Waals surface area contributed by atoms with E-state index in [1.54, 1.807) is 16.9 Å². The Kier molecular flexibility index (Phi) is 3.73. The predicted molar refractivity (Wildman–Crippen MR) is 65.8 cm³/mol. The minimum absolute atomic E-state index is 0.285. The smallest absolute Gasteiger partial charge is 0.198 e. The molecule has 0 radical (unpaired) electrons. The third kappa shape index (κ3) is 2.19. The van der Waals surface area contributed by atoms with E-state index in [0.29, 0.717) is 11.6 Å². The van der Waals surface area contributed by atoms with Crippen molar-refractivity contribution in [2.75, 3.05) is 0 Å². The maximum atomic E-state index is 6.11. The largest absolute Gasteiger partial charge is 0.453 e. The lowest BCUT2D eigenvalue weighted by Crippen LogP contribution is -2.30. The molecule has 2 heterocycles. The summed E-state index contributed by atoms with van der Waals surface area (Å²) in [6.07, 6.45) is 3.08. The van der Waals surface area contributed by atoms with Crippen LogP contribution in [-0.2, 0) is 6.54 Å². The van der Waals surface area contributed by atoms with Crippen molar-refractivity contribution in [2.45, 2.75) is 19.5 Å². The lowest BCUT2D eigenvalue weighted by molar-refractivity contribution is 0.528. The van der Waals surface area contributed by atoms with Crippen LogP contribution in [0, 0.1) is 0 Å². The first-order valence-corrected chi connectivity index (χ1v) is 5.84. The van der Waals surface area contributed by atoms with E-state index in [2.05, 4.69) is 10.5 Å². The van der Waals surface area contributed by atoms with Gasteiger partial charge in [-0.05, 0) is 24.6 Å². The highest BCUT2D eigenvalue weighted by molar-refractivity contribution is 6.31. The molecule has 7 heteroatoms. The summed E-state index contributed by atoms with van der Waals surface area (Å²) >= 11 is 12.1. The normalized spacial score (nSPS) is 12.9. The highest BCUT2D eigenvalue weighted by Gasteiger charge is 2.24. The number of hydrogen-bond acceptors (Lipinski definition) is 4. The Bertz CT molecular complexity index is 508. The molecule has 0 saturated carbocycles. The van der Waals surface area contributed by atoms with Gasteiger partial charge in [0.15, 0.2) is 5.22 Å². The molecule has 3 N–H and O–H groups in total. The highest BCUT2D eigenvalue weighted by atomic mass is 35.5. The minimum atomic E-state index is -0.351. The second-order valence-electron chi connectivity index (χ2n) is 3.44. The minimum Gasteiger partial charge on any atom is -0.453 e. The first kappa shape index (κ1) is 12.4. The predicted octanol–water partition coefficient (Wildman–Crippen LogP) is 2.36. The number of aromatic nitrogens is 2. The Hall–Kier alpha value is -1.01. The van der Waals surface area contributed by atoms with Gasteiger partial charge in [0.1, 0.15) is 0 Å². The molecule has 0 aromatic carbocycles. The fourth-order valence-electron chi connectivity index (χ4n) is 1.74. The fourth-order valence-corrected chi connectivity index (χ4v) is 2.21. The number of nitrogens with zero attached hydrogens (tertiary/aromatic N) is 2. The molecular weight excluding hydrogens is 263 g/mol. The van der Waals surface area contributed by atoms with Gasteiger partial charge in [-0.15, -0.1) is 0 Å². The van der Waals surface area contributed by atoms with E-state index >= 15 is 0 Å². The molecule has 0 bridgehead atoms. The summed E-state index contributed by atoms with van der Waals surface area (Å²) in [4.78, 5) is 0. The Morgan fingerprint density at radius 3 is 2.88 bits per heavy atom. The number of rotatable bonds is 4. The van der Waals surface area contributed by atoms with Gasteiger partial charge >= 0.3 is 0 Å². The summed E-state index contributed by atoms with van der Waals surface area (Å²) in [5, 5.41) is 4.98. The third-order valence-corrected chi connectivity index (χ3v) is 3.13. The Balaban J connectivity index is 2.49. The van der Waals surface area contributed by atoms with E-state index in [9.17, 15) is 0 Å². The zero-order chi connectivity index (χ0) is 12.4. The standard InChI is InChI=1S/C10H12Cl2N4O/c1-2-16-9(7(11)5-14-16)8(15-13)6-3-4-17-10(6)12/h3-5,8,15H,2,13H2,1H3. The molecular formula is C10H12Cl2N4O. The summed E-state index contributed by atoms with van der Waals surface area (Å²) in [5.41, 5.74) is 4.17. The molecule has 2 rings (SSSR count). The van der Waals surface area contributed by atoms with Crippen LogP contribution >= 0.6 is 23.2 Å². The van der Waals surface area contributed by atoms with Crippen LogP contribution in [0.3, 0.4) is 0 Å². The molecule has 17 heavy (non-hydrogen) atoms. The number of hydrazine groups is 1. The lowest BCUT2D eigenvalue weighted by atomic mass is 10.1. The second-order valence-corrected chi connectivity index (χ2v) is 4.19. The second kappa shape index (κ2) is 5.10. The quantitative estimate of drug-likeness (QED) is 0.664. The Labute approximate surface area is 108 Å². The molecule has 1 unspecified atom stereocenters. The molecule has 2 aromatic rings. The number of aryl methyl sites for hydroxylation is 1. The molecule has 0 aliphatic heterocycles. The molecule has 92 valence electrons. The van der Waals surface area contributed by atoms with Crippen LogP contribution < -0.4 is 11.3 Å². The zero-order valence-electron chi connectivity index (χ0n) is 9.15. The molecule has 0 amide bonds. The number of furan rings is 1. The van der Waals surface area contributed by atoms with Gasteiger partial charge in [-0.2, -0.15) is 5.10 Å². The van der Waals surface area contributed by atoms with Crippen molar-refractivity contribution in [1.82, 2.24) is 15.2 Å². The topological polar surface area (TPSA) is 69.0 Å². The van der Waals surface area contributed by atoms with Crippen molar-refractivity contribution in [2.24, 2.45) is 5.84 Å². The molecule has 0 spiro atoms. The van der Waals surface area contributed by atoms with E-state index in [0.717, 1.165) is 11.3 Å². The van der Waals surface area contributed by atoms with Gasteiger partial charge in [-0.1, -0.05) is 11.6 Å². The van der Waals surface area contributed by atoms with Gasteiger partial charge in [-0.3, -0.25) is 10.5 Å². The number of halogens is 2. The maximum absolute atomic E-state index is 6.11. The van der Waals surface area contributed by atoms with Crippen molar-refractivity contribution in [3.8, 4) is 0 Å². The van der Waals surface area contributed by atoms with E-state index in [-0.39, 0.29) is 11.3 Å². The number of nitrogens with one attached hydrogen (secondary N) is 1. The maximum Gasteiger partial charge on any atom is 0.198 e. The summed E-state index contributed by atoms with van der Waals surface area (Å²) in [5.74, 6) is 5.57. The first-order chi connectivity index (χ1) is 8.19. The average Bonchev–Trinajstić information content (AvgIpc) is 2.89. The first-order valence-electron chi connectivity index (χ1n) is 5.09. The van der Waals surface area contributed by atoms with Gasteiger partial charge in [0.05, 0.1) is 29.2 Å². The van der Waals surface area contributed by atoms with Crippen LogP contribution in [0.1, 0.15) is 24.2 Å². The molecule has 1 atom stereocenters. The average molecular weight is 275 g/mol. The van der Waals surface area contributed by atoms with Gasteiger partial charge in [0, 0.05) is 12.1 Å². The Morgan fingerprint density at radius 2 is 2.35 bits per heavy atom. The molecule has 0 saturated heterocycles. The summed E-state index contributed by atoms with van der Waals surface area (Å²) in [7, 11) is 0. The zero-order valence-corrected chi connectivity index (χ0v) is 10.7. The fraction of sp³-hybridized carbons (Fsp3) is 0.300. The van der Waals surface area contributed by atoms with Gasteiger partial charge in [0.2, 0.25) is 0 Å². The number of hydrogen-bond donors (Lipinski definition) is 2. The lowest BCUT2D eigenvalue weighted by Gasteiger charge is -2.16. The Morgan fingerprint density at radius 1 is 1.59 bits per heavy atom. The van der Waals surface area contributed by atoms with Gasteiger partial charge in [-0.25, -0.2) is 5.43 Å². The number of nitrogens with two attached hydrogens (primary N) is 1. The van der Waals surface area contributed by atoms with Crippen LogP contribution in [0.2, 0.25) is 10.2 Å². The van der Waals surface area contributed by atoms with Crippen molar-refractivity contribution in [1.29, 1.82) is 0 Å². The SMILES string of the molecule is CCn1ncc(Cl)c1C(NN)c1ccoc1Cl. The van der Waals surface area contributed by atoms with E-state index in [1.165, 1.54) is 6.26 Å². The van der Waals surface area contributed by atoms with Crippen molar-refractivity contribution >= 4 is 23.2 Å². The van der Waals surface area contributed by atoms with Crippen LogP contribution in [-0.4, -0.2) is 9.78 Å². The van der Waals surface area contributed by atoms with Gasteiger partial charge < -0.3 is 4.42 Å². The van der Waals surface area contributed by atoms with Crippen LogP contribution in [0.15, 0.2) is 22.9 Å². The van der Waals surface area contributed by atoms with Crippen LogP contribution in [0.25, 0.3) is 0 Å². The third-order valence-electron chi connectivity index (χ3n) is 2.53. The van der Waals surface area contributed by atoms with Crippen molar-refractivity contribution in [3.63, 3.8) is 0 Å².